The topological polar surface area (TPSA) is 148 Å². The van der Waals surface area contributed by atoms with Crippen LogP contribution in [0.25, 0.3) is 0 Å². The van der Waals surface area contributed by atoms with Crippen molar-refractivity contribution in [3.05, 3.63) is 0 Å². The van der Waals surface area contributed by atoms with E-state index in [-0.39, 0.29) is 37.9 Å². The summed E-state index contributed by atoms with van der Waals surface area (Å²) in [5, 5.41) is 29.4. The Hall–Kier alpha value is -0.280. The van der Waals surface area contributed by atoms with Gasteiger partial charge in [-0.3, -0.25) is 0 Å². The molecule has 0 amide bonds. The minimum absolute atomic E-state index is 0.111. The van der Waals surface area contributed by atoms with Gasteiger partial charge in [-0.15, -0.1) is 0 Å². The van der Waals surface area contributed by atoms with Crippen LogP contribution in [0.15, 0.2) is 0 Å². The van der Waals surface area contributed by atoms with Gasteiger partial charge < -0.3 is 37.3 Å². The summed E-state index contributed by atoms with van der Waals surface area (Å²) in [6.45, 7) is 10.8. The summed E-state index contributed by atoms with van der Waals surface area (Å²) in [5.74, 6) is 0. The Morgan fingerprint density at radius 2 is 1.08 bits per heavy atom. The zero-order valence-corrected chi connectivity index (χ0v) is 17.6. The Morgan fingerprint density at radius 3 is 1.23 bits per heavy atom. The van der Waals surface area contributed by atoms with Crippen molar-refractivity contribution in [3.63, 3.8) is 0 Å². The van der Waals surface area contributed by atoms with Gasteiger partial charge in [0, 0.05) is 43.4 Å². The highest BCUT2D eigenvalue weighted by Gasteiger charge is 2.50. The Kier molecular flexibility index (Phi) is 15.8. The van der Waals surface area contributed by atoms with Gasteiger partial charge in [-0.25, -0.2) is 0 Å². The lowest BCUT2D eigenvalue weighted by molar-refractivity contribution is -0.0957. The van der Waals surface area contributed by atoms with Gasteiger partial charge in [0.2, 0.25) is 0 Å². The molecule has 7 nitrogen and oxygen atoms in total. The fourth-order valence-corrected chi connectivity index (χ4v) is 3.98. The standard InChI is InChI=1S/C15H35N3O3.C4H10O/c1-11(16)6-15(7-12(2)17,8-13(3)18)14(9-20,10-21)4-5-19;1-3-5-4-2/h11-13,19-21H,4-10,16-18H2,1-3H3;3-4H2,1-2H3. The molecular formula is C19H45N3O4. The molecule has 9 N–H and O–H groups in total. The fraction of sp³-hybridized carbons (Fsp3) is 1.00. The lowest BCUT2D eigenvalue weighted by Gasteiger charge is -2.52. The Balaban J connectivity index is 0. The molecule has 0 radical (unpaired) electrons. The van der Waals surface area contributed by atoms with Crippen LogP contribution in [0.3, 0.4) is 0 Å². The van der Waals surface area contributed by atoms with E-state index in [1.54, 1.807) is 0 Å². The first-order chi connectivity index (χ1) is 12.1. The van der Waals surface area contributed by atoms with Crippen molar-refractivity contribution in [1.29, 1.82) is 0 Å². The van der Waals surface area contributed by atoms with Crippen LogP contribution in [0.4, 0.5) is 0 Å². The molecular weight excluding hydrogens is 334 g/mol. The summed E-state index contributed by atoms with van der Waals surface area (Å²) in [6, 6.07) is -0.337. The van der Waals surface area contributed by atoms with Crippen molar-refractivity contribution in [2.24, 2.45) is 28.0 Å². The first-order valence-corrected chi connectivity index (χ1v) is 9.77. The summed E-state index contributed by atoms with van der Waals surface area (Å²) in [7, 11) is 0. The monoisotopic (exact) mass is 379 g/mol. The van der Waals surface area contributed by atoms with E-state index in [0.29, 0.717) is 25.7 Å². The predicted molar refractivity (Wildman–Crippen MR) is 108 cm³/mol. The molecule has 0 bridgehead atoms. The third kappa shape index (κ3) is 9.60. The highest BCUT2D eigenvalue weighted by molar-refractivity contribution is 5.01. The quantitative estimate of drug-likeness (QED) is 0.274. The van der Waals surface area contributed by atoms with Crippen LogP contribution in [-0.2, 0) is 4.74 Å². The highest BCUT2D eigenvalue weighted by atomic mass is 16.5. The molecule has 0 saturated heterocycles. The van der Waals surface area contributed by atoms with Crippen LogP contribution in [0.1, 0.15) is 60.3 Å². The third-order valence-electron chi connectivity index (χ3n) is 4.87. The van der Waals surface area contributed by atoms with Crippen LogP contribution < -0.4 is 17.2 Å². The molecule has 0 heterocycles. The molecule has 3 atom stereocenters. The Bertz CT molecular complexity index is 293. The maximum absolute atomic E-state index is 9.99. The maximum Gasteiger partial charge on any atom is 0.0515 e. The molecule has 0 aromatic heterocycles. The van der Waals surface area contributed by atoms with Crippen LogP contribution in [-0.4, -0.2) is 66.5 Å². The Morgan fingerprint density at radius 1 is 0.731 bits per heavy atom. The third-order valence-corrected chi connectivity index (χ3v) is 4.87. The molecule has 0 aromatic rings. The van der Waals surface area contributed by atoms with E-state index in [1.165, 1.54) is 0 Å². The number of hydrogen-bond acceptors (Lipinski definition) is 7. The second-order valence-electron chi connectivity index (χ2n) is 7.68. The number of ether oxygens (including phenoxy) is 1. The zero-order chi connectivity index (χ0) is 20.8. The van der Waals surface area contributed by atoms with E-state index >= 15 is 0 Å². The largest absolute Gasteiger partial charge is 0.396 e. The maximum atomic E-state index is 9.99. The lowest BCUT2D eigenvalue weighted by Crippen LogP contribution is -2.54. The molecule has 26 heavy (non-hydrogen) atoms. The molecule has 0 saturated carbocycles. The van der Waals surface area contributed by atoms with Gasteiger partial charge in [0.05, 0.1) is 13.2 Å². The smallest absolute Gasteiger partial charge is 0.0515 e. The average molecular weight is 380 g/mol. The first-order valence-electron chi connectivity index (χ1n) is 9.77. The number of rotatable bonds is 13. The zero-order valence-electron chi connectivity index (χ0n) is 17.6. The van der Waals surface area contributed by atoms with Crippen molar-refractivity contribution in [1.82, 2.24) is 0 Å². The molecule has 0 aliphatic rings. The second-order valence-corrected chi connectivity index (χ2v) is 7.68. The average Bonchev–Trinajstić information content (AvgIpc) is 2.51. The summed E-state index contributed by atoms with van der Waals surface area (Å²) in [4.78, 5) is 0. The van der Waals surface area contributed by atoms with Crippen LogP contribution in [0.5, 0.6) is 0 Å². The number of aliphatic hydroxyl groups is 3. The van der Waals surface area contributed by atoms with Gasteiger partial charge in [0.15, 0.2) is 0 Å². The minimum atomic E-state index is -0.837. The van der Waals surface area contributed by atoms with E-state index in [2.05, 4.69) is 0 Å². The van der Waals surface area contributed by atoms with E-state index in [4.69, 9.17) is 21.9 Å². The molecule has 0 aliphatic heterocycles. The van der Waals surface area contributed by atoms with Gasteiger partial charge in [-0.05, 0) is 65.7 Å². The number of hydrogen-bond donors (Lipinski definition) is 6. The van der Waals surface area contributed by atoms with Crippen molar-refractivity contribution in [3.8, 4) is 0 Å². The summed E-state index contributed by atoms with van der Waals surface area (Å²) < 4.78 is 4.83. The van der Waals surface area contributed by atoms with Gasteiger partial charge in [0.1, 0.15) is 0 Å². The highest BCUT2D eigenvalue weighted by Crippen LogP contribution is 2.51. The molecule has 0 aliphatic carbocycles. The van der Waals surface area contributed by atoms with Crippen molar-refractivity contribution in [2.75, 3.05) is 33.0 Å². The normalized spacial score (nSPS) is 17.7. The fourth-order valence-electron chi connectivity index (χ4n) is 3.98. The minimum Gasteiger partial charge on any atom is -0.396 e. The van der Waals surface area contributed by atoms with Crippen molar-refractivity contribution in [2.45, 2.75) is 78.4 Å². The van der Waals surface area contributed by atoms with Gasteiger partial charge >= 0.3 is 0 Å². The van der Waals surface area contributed by atoms with Gasteiger partial charge in [-0.2, -0.15) is 0 Å². The summed E-state index contributed by atoms with van der Waals surface area (Å²) >= 11 is 0. The molecule has 0 aromatic carbocycles. The Labute approximate surface area is 160 Å². The number of aliphatic hydroxyl groups excluding tert-OH is 3. The summed E-state index contributed by atoms with van der Waals surface area (Å²) in [5.41, 5.74) is 16.7. The first kappa shape index (κ1) is 27.9. The van der Waals surface area contributed by atoms with E-state index < -0.39 is 10.8 Å². The molecule has 7 heteroatoms. The molecule has 160 valence electrons. The number of nitrogens with two attached hydrogens (primary N) is 3. The van der Waals surface area contributed by atoms with E-state index in [9.17, 15) is 15.3 Å². The SMILES string of the molecule is CC(N)CC(CC(C)N)(CC(C)N)C(CO)(CO)CCO.CCOCC. The second kappa shape index (κ2) is 14.7. The summed E-state index contributed by atoms with van der Waals surface area (Å²) in [6.07, 6.45) is 2.08. The van der Waals surface area contributed by atoms with Crippen molar-refractivity contribution >= 4 is 0 Å². The lowest BCUT2D eigenvalue weighted by atomic mass is 9.55. The van der Waals surface area contributed by atoms with Gasteiger partial charge in [-0.1, -0.05) is 0 Å². The van der Waals surface area contributed by atoms with Crippen LogP contribution in [0, 0.1) is 10.8 Å². The van der Waals surface area contributed by atoms with E-state index in [0.717, 1.165) is 13.2 Å². The van der Waals surface area contributed by atoms with E-state index in [1.807, 2.05) is 34.6 Å². The predicted octanol–water partition coefficient (Wildman–Crippen LogP) is 0.581. The van der Waals surface area contributed by atoms with Crippen LogP contribution in [0.2, 0.25) is 0 Å². The van der Waals surface area contributed by atoms with Gasteiger partial charge in [0.25, 0.3) is 0 Å². The molecule has 0 rings (SSSR count). The van der Waals surface area contributed by atoms with Crippen molar-refractivity contribution < 1.29 is 20.1 Å². The molecule has 0 spiro atoms. The van der Waals surface area contributed by atoms with Crippen LogP contribution >= 0.6 is 0 Å². The molecule has 3 unspecified atom stereocenters. The molecule has 0 fully saturated rings.